The molecule has 1 aromatic heterocycles. The number of ether oxygens (including phenoxy) is 4. The molecule has 0 saturated heterocycles. The van der Waals surface area contributed by atoms with Crippen LogP contribution in [-0.2, 0) is 16.0 Å². The van der Waals surface area contributed by atoms with Gasteiger partial charge in [0.25, 0.3) is 0 Å². The molecule has 0 unspecified atom stereocenters. The number of fused-ring (bicyclic) bond motifs is 1. The summed E-state index contributed by atoms with van der Waals surface area (Å²) in [4.78, 5) is 11.8. The van der Waals surface area contributed by atoms with Gasteiger partial charge in [-0.1, -0.05) is 13.8 Å². The van der Waals surface area contributed by atoms with Crippen LogP contribution in [-0.4, -0.2) is 33.9 Å². The molecule has 0 fully saturated rings. The van der Waals surface area contributed by atoms with E-state index in [4.69, 9.17) is 23.4 Å². The van der Waals surface area contributed by atoms with E-state index in [0.717, 1.165) is 35.8 Å². The van der Waals surface area contributed by atoms with Crippen molar-refractivity contribution in [3.8, 4) is 28.6 Å². The average Bonchev–Trinajstić information content (AvgIpc) is 3.24. The lowest BCUT2D eigenvalue weighted by Gasteiger charge is -2.09. The molecular formula is C25H30O6. The number of carbonyl (C=O) groups is 1. The molecule has 0 spiro atoms. The van der Waals surface area contributed by atoms with E-state index in [1.165, 1.54) is 0 Å². The van der Waals surface area contributed by atoms with Crippen molar-refractivity contribution < 1.29 is 28.2 Å². The standard InChI is InChI=1S/C25H30O6/c1-6-16(2)25(26)30-11-7-8-17-12-19-15-21(31-24(19)23(13-17)29-5)18-9-10-20(27-3)22(14-18)28-4/h9-10,12-16H,6-8,11H2,1-5H3/t16-/m1/s1. The zero-order valence-corrected chi connectivity index (χ0v) is 18.8. The molecule has 0 saturated carbocycles. The molecule has 1 heterocycles. The maximum Gasteiger partial charge on any atom is 0.308 e. The molecule has 2 aromatic carbocycles. The smallest absolute Gasteiger partial charge is 0.308 e. The summed E-state index contributed by atoms with van der Waals surface area (Å²) in [7, 11) is 4.84. The maximum absolute atomic E-state index is 11.8. The minimum absolute atomic E-state index is 0.0580. The minimum Gasteiger partial charge on any atom is -0.493 e. The van der Waals surface area contributed by atoms with E-state index in [-0.39, 0.29) is 11.9 Å². The van der Waals surface area contributed by atoms with Gasteiger partial charge in [-0.3, -0.25) is 4.79 Å². The van der Waals surface area contributed by atoms with Gasteiger partial charge in [0.15, 0.2) is 22.8 Å². The van der Waals surface area contributed by atoms with Gasteiger partial charge in [0.2, 0.25) is 0 Å². The molecular weight excluding hydrogens is 396 g/mol. The van der Waals surface area contributed by atoms with Gasteiger partial charge < -0.3 is 23.4 Å². The number of furan rings is 1. The maximum atomic E-state index is 11.8. The Morgan fingerprint density at radius 3 is 2.39 bits per heavy atom. The highest BCUT2D eigenvalue weighted by Gasteiger charge is 2.15. The Kier molecular flexibility index (Phi) is 7.45. The molecule has 1 atom stereocenters. The van der Waals surface area contributed by atoms with E-state index >= 15 is 0 Å². The number of aryl methyl sites for hydroxylation is 1. The second-order valence-electron chi connectivity index (χ2n) is 7.48. The number of rotatable bonds is 10. The Hall–Kier alpha value is -3.15. The zero-order chi connectivity index (χ0) is 22.4. The first-order chi connectivity index (χ1) is 15.0. The number of hydrogen-bond acceptors (Lipinski definition) is 6. The van der Waals surface area contributed by atoms with E-state index in [1.807, 2.05) is 44.2 Å². The van der Waals surface area contributed by atoms with Crippen LogP contribution in [0, 0.1) is 5.92 Å². The molecule has 166 valence electrons. The Labute approximate surface area is 183 Å². The molecule has 6 nitrogen and oxygen atoms in total. The van der Waals surface area contributed by atoms with Crippen molar-refractivity contribution in [3.63, 3.8) is 0 Å². The van der Waals surface area contributed by atoms with Gasteiger partial charge >= 0.3 is 5.97 Å². The predicted octanol–water partition coefficient (Wildman–Crippen LogP) is 5.65. The molecule has 0 aliphatic rings. The monoisotopic (exact) mass is 426 g/mol. The topological polar surface area (TPSA) is 67.1 Å². The second-order valence-corrected chi connectivity index (χ2v) is 7.48. The summed E-state index contributed by atoms with van der Waals surface area (Å²) in [5.41, 5.74) is 2.68. The van der Waals surface area contributed by atoms with Crippen LogP contribution in [0.25, 0.3) is 22.3 Å². The third kappa shape index (κ3) is 5.13. The highest BCUT2D eigenvalue weighted by Crippen LogP contribution is 2.38. The van der Waals surface area contributed by atoms with Crippen molar-refractivity contribution in [2.75, 3.05) is 27.9 Å². The molecule has 0 N–H and O–H groups in total. The van der Waals surface area contributed by atoms with E-state index in [2.05, 4.69) is 6.07 Å². The van der Waals surface area contributed by atoms with Crippen LogP contribution in [0.15, 0.2) is 40.8 Å². The van der Waals surface area contributed by atoms with Crippen molar-refractivity contribution in [2.45, 2.75) is 33.1 Å². The minimum atomic E-state index is -0.134. The number of esters is 1. The summed E-state index contributed by atoms with van der Waals surface area (Å²) in [6.45, 7) is 4.27. The first-order valence-corrected chi connectivity index (χ1v) is 10.5. The summed E-state index contributed by atoms with van der Waals surface area (Å²) in [6, 6.07) is 11.7. The summed E-state index contributed by atoms with van der Waals surface area (Å²) in [5.74, 6) is 2.50. The van der Waals surface area contributed by atoms with Crippen molar-refractivity contribution in [2.24, 2.45) is 5.92 Å². The van der Waals surface area contributed by atoms with Crippen molar-refractivity contribution in [1.82, 2.24) is 0 Å². The van der Waals surface area contributed by atoms with Gasteiger partial charge in [0.05, 0.1) is 33.9 Å². The fraction of sp³-hybridized carbons (Fsp3) is 0.400. The first-order valence-electron chi connectivity index (χ1n) is 10.5. The highest BCUT2D eigenvalue weighted by molar-refractivity contribution is 5.88. The fourth-order valence-corrected chi connectivity index (χ4v) is 3.37. The van der Waals surface area contributed by atoms with Gasteiger partial charge in [-0.05, 0) is 61.2 Å². The van der Waals surface area contributed by atoms with Crippen LogP contribution in [0.5, 0.6) is 17.2 Å². The van der Waals surface area contributed by atoms with E-state index in [9.17, 15) is 4.79 Å². The molecule has 0 bridgehead atoms. The Bertz CT molecular complexity index is 1040. The third-order valence-corrected chi connectivity index (χ3v) is 5.40. The normalized spacial score (nSPS) is 11.9. The van der Waals surface area contributed by atoms with Crippen LogP contribution in [0.3, 0.4) is 0 Å². The quantitative estimate of drug-likeness (QED) is 0.308. The van der Waals surface area contributed by atoms with Gasteiger partial charge in [-0.15, -0.1) is 0 Å². The summed E-state index contributed by atoms with van der Waals surface area (Å²) in [6.07, 6.45) is 2.31. The van der Waals surface area contributed by atoms with Crippen molar-refractivity contribution in [3.05, 3.63) is 42.0 Å². The van der Waals surface area contributed by atoms with E-state index < -0.39 is 0 Å². The molecule has 31 heavy (non-hydrogen) atoms. The summed E-state index contributed by atoms with van der Waals surface area (Å²) >= 11 is 0. The molecule has 0 amide bonds. The Balaban J connectivity index is 1.79. The predicted molar refractivity (Wildman–Crippen MR) is 120 cm³/mol. The van der Waals surface area contributed by atoms with E-state index in [0.29, 0.717) is 35.2 Å². The SMILES string of the molecule is CC[C@@H](C)C(=O)OCCCc1cc(OC)c2oc(-c3ccc(OC)c(OC)c3)cc2c1. The molecule has 0 aliphatic carbocycles. The molecule has 0 radical (unpaired) electrons. The van der Waals surface area contributed by atoms with Crippen LogP contribution < -0.4 is 14.2 Å². The fourth-order valence-electron chi connectivity index (χ4n) is 3.37. The number of hydrogen-bond donors (Lipinski definition) is 0. The molecule has 3 aromatic rings. The van der Waals surface area contributed by atoms with Gasteiger partial charge in [-0.25, -0.2) is 0 Å². The molecule has 0 aliphatic heterocycles. The van der Waals surface area contributed by atoms with Crippen LogP contribution in [0.2, 0.25) is 0 Å². The summed E-state index contributed by atoms with van der Waals surface area (Å²) < 4.78 is 27.7. The number of methoxy groups -OCH3 is 3. The van der Waals surface area contributed by atoms with Crippen LogP contribution in [0.1, 0.15) is 32.3 Å². The number of benzene rings is 2. The zero-order valence-electron chi connectivity index (χ0n) is 18.8. The largest absolute Gasteiger partial charge is 0.493 e. The van der Waals surface area contributed by atoms with E-state index in [1.54, 1.807) is 21.3 Å². The number of carbonyl (C=O) groups excluding carboxylic acids is 1. The summed E-state index contributed by atoms with van der Waals surface area (Å²) in [5, 5.41) is 0.954. The van der Waals surface area contributed by atoms with Crippen LogP contribution in [0.4, 0.5) is 0 Å². The Morgan fingerprint density at radius 1 is 0.968 bits per heavy atom. The molecule has 6 heteroatoms. The Morgan fingerprint density at radius 2 is 1.71 bits per heavy atom. The van der Waals surface area contributed by atoms with Crippen LogP contribution >= 0.6 is 0 Å². The van der Waals surface area contributed by atoms with Crippen molar-refractivity contribution in [1.29, 1.82) is 0 Å². The first kappa shape index (κ1) is 22.5. The van der Waals surface area contributed by atoms with Gasteiger partial charge in [0, 0.05) is 10.9 Å². The lowest BCUT2D eigenvalue weighted by molar-refractivity contribution is -0.148. The molecule has 3 rings (SSSR count). The highest BCUT2D eigenvalue weighted by atomic mass is 16.5. The van der Waals surface area contributed by atoms with Gasteiger partial charge in [-0.2, -0.15) is 0 Å². The second kappa shape index (κ2) is 10.2. The average molecular weight is 427 g/mol. The lowest BCUT2D eigenvalue weighted by Crippen LogP contribution is -2.14. The lowest BCUT2D eigenvalue weighted by atomic mass is 10.1. The third-order valence-electron chi connectivity index (χ3n) is 5.40. The van der Waals surface area contributed by atoms with Crippen molar-refractivity contribution >= 4 is 16.9 Å². The van der Waals surface area contributed by atoms with Gasteiger partial charge in [0.1, 0.15) is 5.76 Å².